The molecule has 0 bridgehead atoms. The van der Waals surface area contributed by atoms with E-state index < -0.39 is 11.9 Å². The summed E-state index contributed by atoms with van der Waals surface area (Å²) in [5.74, 6) is -1.82. The van der Waals surface area contributed by atoms with E-state index in [0.29, 0.717) is 25.2 Å². The second-order valence-corrected chi connectivity index (χ2v) is 5.58. The molecule has 7 heteroatoms. The number of carboxylic acid groups (broad SMARTS) is 1. The summed E-state index contributed by atoms with van der Waals surface area (Å²) >= 11 is 0. The number of hydrogen-bond acceptors (Lipinski definition) is 3. The van der Waals surface area contributed by atoms with Crippen LogP contribution in [-0.4, -0.2) is 55.7 Å². The average Bonchev–Trinajstić information content (AvgIpc) is 2.51. The standard InChI is InChI=1S/C16H24FN3O3/c1-12(15(21)22)11-20(3)16(23)18-9-6-10-19(2)14-8-5-4-7-13(14)17/h4-5,7-8,12H,6,9-11H2,1-3H3,(H,18,23)(H,21,22). The monoisotopic (exact) mass is 325 g/mol. The molecule has 0 aliphatic rings. The van der Waals surface area contributed by atoms with Gasteiger partial charge in [-0.2, -0.15) is 0 Å². The molecule has 0 radical (unpaired) electrons. The molecular weight excluding hydrogens is 301 g/mol. The fourth-order valence-corrected chi connectivity index (χ4v) is 2.10. The number of urea groups is 1. The lowest BCUT2D eigenvalue weighted by atomic mass is 10.2. The van der Waals surface area contributed by atoms with Crippen molar-refractivity contribution in [2.75, 3.05) is 38.6 Å². The SMILES string of the molecule is CC(CN(C)C(=O)NCCCN(C)c1ccccc1F)C(=O)O. The number of nitrogens with one attached hydrogen (secondary N) is 1. The number of carbonyl (C=O) groups excluding carboxylic acids is 1. The smallest absolute Gasteiger partial charge is 0.317 e. The van der Waals surface area contributed by atoms with Gasteiger partial charge in [0.05, 0.1) is 11.6 Å². The van der Waals surface area contributed by atoms with Crippen LogP contribution in [0.1, 0.15) is 13.3 Å². The van der Waals surface area contributed by atoms with E-state index in [0.717, 1.165) is 0 Å². The normalized spacial score (nSPS) is 11.7. The highest BCUT2D eigenvalue weighted by Crippen LogP contribution is 2.16. The van der Waals surface area contributed by atoms with Gasteiger partial charge in [-0.25, -0.2) is 9.18 Å². The van der Waals surface area contributed by atoms with Crippen LogP contribution in [0.4, 0.5) is 14.9 Å². The van der Waals surface area contributed by atoms with Crippen LogP contribution < -0.4 is 10.2 Å². The summed E-state index contributed by atoms with van der Waals surface area (Å²) < 4.78 is 13.6. The molecule has 0 saturated carbocycles. The highest BCUT2D eigenvalue weighted by atomic mass is 19.1. The molecule has 2 N–H and O–H groups in total. The van der Waals surface area contributed by atoms with Crippen LogP contribution in [-0.2, 0) is 4.79 Å². The van der Waals surface area contributed by atoms with Gasteiger partial charge in [0.25, 0.3) is 0 Å². The summed E-state index contributed by atoms with van der Waals surface area (Å²) in [6.45, 7) is 2.73. The third-order valence-corrected chi connectivity index (χ3v) is 3.53. The molecule has 0 aromatic heterocycles. The maximum atomic E-state index is 13.6. The lowest BCUT2D eigenvalue weighted by Gasteiger charge is -2.22. The molecule has 23 heavy (non-hydrogen) atoms. The predicted octanol–water partition coefficient (Wildman–Crippen LogP) is 2.01. The van der Waals surface area contributed by atoms with E-state index in [1.165, 1.54) is 11.0 Å². The van der Waals surface area contributed by atoms with Crippen molar-refractivity contribution in [3.63, 3.8) is 0 Å². The first kappa shape index (κ1) is 18.7. The molecule has 6 nitrogen and oxygen atoms in total. The Labute approximate surface area is 135 Å². The maximum absolute atomic E-state index is 13.6. The molecule has 1 aromatic carbocycles. The lowest BCUT2D eigenvalue weighted by Crippen LogP contribution is -2.41. The molecule has 2 amide bonds. The van der Waals surface area contributed by atoms with Gasteiger partial charge in [0.2, 0.25) is 0 Å². The number of carbonyl (C=O) groups is 2. The van der Waals surface area contributed by atoms with E-state index in [4.69, 9.17) is 5.11 Å². The second-order valence-electron chi connectivity index (χ2n) is 5.58. The lowest BCUT2D eigenvalue weighted by molar-refractivity contribution is -0.141. The van der Waals surface area contributed by atoms with Gasteiger partial charge < -0.3 is 20.2 Å². The van der Waals surface area contributed by atoms with E-state index in [9.17, 15) is 14.0 Å². The molecule has 128 valence electrons. The van der Waals surface area contributed by atoms with Crippen LogP contribution in [0, 0.1) is 11.7 Å². The number of anilines is 1. The summed E-state index contributed by atoms with van der Waals surface area (Å²) in [5.41, 5.74) is 0.520. The molecule has 0 fully saturated rings. The molecule has 1 aromatic rings. The van der Waals surface area contributed by atoms with E-state index in [2.05, 4.69) is 5.32 Å². The molecular formula is C16H24FN3O3. The van der Waals surface area contributed by atoms with Gasteiger partial charge in [-0.05, 0) is 18.6 Å². The van der Waals surface area contributed by atoms with Gasteiger partial charge in [0, 0.05) is 33.7 Å². The maximum Gasteiger partial charge on any atom is 0.317 e. The predicted molar refractivity (Wildman–Crippen MR) is 87.1 cm³/mol. The number of nitrogens with zero attached hydrogens (tertiary/aromatic N) is 2. The van der Waals surface area contributed by atoms with Gasteiger partial charge in [-0.1, -0.05) is 19.1 Å². The number of benzene rings is 1. The van der Waals surface area contributed by atoms with Crippen LogP contribution in [0.15, 0.2) is 24.3 Å². The summed E-state index contributed by atoms with van der Waals surface area (Å²) in [6.07, 6.45) is 0.652. The first-order valence-corrected chi connectivity index (χ1v) is 7.50. The zero-order chi connectivity index (χ0) is 17.4. The van der Waals surface area contributed by atoms with Crippen LogP contribution in [0.2, 0.25) is 0 Å². The Hall–Kier alpha value is -2.31. The highest BCUT2D eigenvalue weighted by molar-refractivity contribution is 5.75. The molecule has 0 saturated heterocycles. The highest BCUT2D eigenvalue weighted by Gasteiger charge is 2.16. The van der Waals surface area contributed by atoms with Crippen molar-refractivity contribution in [1.82, 2.24) is 10.2 Å². The van der Waals surface area contributed by atoms with Gasteiger partial charge in [-0.3, -0.25) is 4.79 Å². The topological polar surface area (TPSA) is 72.9 Å². The Bertz CT molecular complexity index is 539. The van der Waals surface area contributed by atoms with E-state index in [-0.39, 0.29) is 18.4 Å². The number of para-hydroxylation sites is 1. The third-order valence-electron chi connectivity index (χ3n) is 3.53. The van der Waals surface area contributed by atoms with Crippen LogP contribution in [0.25, 0.3) is 0 Å². The Kier molecular flexibility index (Phi) is 7.31. The van der Waals surface area contributed by atoms with Crippen molar-refractivity contribution in [2.24, 2.45) is 5.92 Å². The number of halogens is 1. The molecule has 0 spiro atoms. The van der Waals surface area contributed by atoms with Crippen LogP contribution in [0.3, 0.4) is 0 Å². The van der Waals surface area contributed by atoms with Crippen molar-refractivity contribution in [3.05, 3.63) is 30.1 Å². The minimum absolute atomic E-state index is 0.149. The largest absolute Gasteiger partial charge is 0.481 e. The van der Waals surface area contributed by atoms with Crippen molar-refractivity contribution in [1.29, 1.82) is 0 Å². The number of hydrogen-bond donors (Lipinski definition) is 2. The van der Waals surface area contributed by atoms with Crippen LogP contribution >= 0.6 is 0 Å². The minimum atomic E-state index is -0.934. The number of aliphatic carboxylic acids is 1. The Morgan fingerprint density at radius 2 is 1.96 bits per heavy atom. The van der Waals surface area contributed by atoms with Gasteiger partial charge >= 0.3 is 12.0 Å². The minimum Gasteiger partial charge on any atom is -0.481 e. The first-order valence-electron chi connectivity index (χ1n) is 7.50. The zero-order valence-electron chi connectivity index (χ0n) is 13.8. The van der Waals surface area contributed by atoms with Gasteiger partial charge in [0.1, 0.15) is 5.82 Å². The van der Waals surface area contributed by atoms with E-state index >= 15 is 0 Å². The third kappa shape index (κ3) is 6.14. The number of rotatable bonds is 8. The van der Waals surface area contributed by atoms with Crippen molar-refractivity contribution >= 4 is 17.7 Å². The Morgan fingerprint density at radius 3 is 2.57 bits per heavy atom. The summed E-state index contributed by atoms with van der Waals surface area (Å²) in [6, 6.07) is 6.21. The van der Waals surface area contributed by atoms with Crippen molar-refractivity contribution in [3.8, 4) is 0 Å². The molecule has 1 atom stereocenters. The first-order chi connectivity index (χ1) is 10.8. The molecule has 1 unspecified atom stereocenters. The van der Waals surface area contributed by atoms with Crippen molar-refractivity contribution in [2.45, 2.75) is 13.3 Å². The van der Waals surface area contributed by atoms with Crippen LogP contribution in [0.5, 0.6) is 0 Å². The Morgan fingerprint density at radius 1 is 1.30 bits per heavy atom. The summed E-state index contributed by atoms with van der Waals surface area (Å²) in [7, 11) is 3.35. The molecule has 0 heterocycles. The average molecular weight is 325 g/mol. The molecule has 0 aliphatic carbocycles. The zero-order valence-corrected chi connectivity index (χ0v) is 13.8. The molecule has 1 rings (SSSR count). The quantitative estimate of drug-likeness (QED) is 0.717. The van der Waals surface area contributed by atoms with Gasteiger partial charge in [-0.15, -0.1) is 0 Å². The Balaban J connectivity index is 2.30. The fraction of sp³-hybridized carbons (Fsp3) is 0.500. The summed E-state index contributed by atoms with van der Waals surface area (Å²) in [4.78, 5) is 25.7. The fourth-order valence-electron chi connectivity index (χ4n) is 2.10. The summed E-state index contributed by atoms with van der Waals surface area (Å²) in [5, 5.41) is 11.5. The number of carboxylic acids is 1. The number of amides is 2. The molecule has 0 aliphatic heterocycles. The van der Waals surface area contributed by atoms with E-state index in [1.807, 2.05) is 0 Å². The second kappa shape index (κ2) is 8.97. The van der Waals surface area contributed by atoms with E-state index in [1.54, 1.807) is 44.1 Å². The van der Waals surface area contributed by atoms with Gasteiger partial charge in [0.15, 0.2) is 0 Å². The van der Waals surface area contributed by atoms with Crippen molar-refractivity contribution < 1.29 is 19.1 Å².